The van der Waals surface area contributed by atoms with Crippen LogP contribution in [0.4, 0.5) is 10.1 Å². The lowest BCUT2D eigenvalue weighted by molar-refractivity contribution is -0.132. The molecule has 1 fully saturated rings. The molecule has 1 unspecified atom stereocenters. The molecule has 1 atom stereocenters. The van der Waals surface area contributed by atoms with Crippen LogP contribution in [0.1, 0.15) is 12.5 Å². The summed E-state index contributed by atoms with van der Waals surface area (Å²) in [4.78, 5) is 35.3. The largest absolute Gasteiger partial charge is 0.368 e. The lowest BCUT2D eigenvalue weighted by Gasteiger charge is -2.36. The summed E-state index contributed by atoms with van der Waals surface area (Å²) < 4.78 is 16.5. The average Bonchev–Trinajstić information content (AvgIpc) is 3.50. The summed E-state index contributed by atoms with van der Waals surface area (Å²) in [6.07, 6.45) is 1.73. The summed E-state index contributed by atoms with van der Waals surface area (Å²) in [6.45, 7) is 2.70. The van der Waals surface area contributed by atoms with Gasteiger partial charge in [0.1, 0.15) is 11.2 Å². The van der Waals surface area contributed by atoms with Crippen molar-refractivity contribution in [3.63, 3.8) is 0 Å². The fraction of sp³-hybridized carbons (Fsp3) is 0.280. The van der Waals surface area contributed by atoms with Crippen molar-refractivity contribution < 1.29 is 9.18 Å². The molecule has 0 radical (unpaired) electrons. The number of hydrogen-bond donors (Lipinski definition) is 0. The minimum Gasteiger partial charge on any atom is -0.368 e. The number of rotatable bonds is 4. The minimum absolute atomic E-state index is 0.0354. The molecular weight excluding hydrogens is 503 g/mol. The third-order valence-electron chi connectivity index (χ3n) is 6.66. The molecule has 6 rings (SSSR count). The summed E-state index contributed by atoms with van der Waals surface area (Å²) in [7, 11) is 0. The molecule has 4 aromatic rings. The summed E-state index contributed by atoms with van der Waals surface area (Å²) in [5.74, 6) is 0.291. The van der Waals surface area contributed by atoms with Crippen LogP contribution in [-0.4, -0.2) is 62.1 Å². The lowest BCUT2D eigenvalue weighted by Crippen LogP contribution is -2.49. The van der Waals surface area contributed by atoms with Gasteiger partial charge in [-0.15, -0.1) is 0 Å². The van der Waals surface area contributed by atoms with E-state index in [1.54, 1.807) is 16.7 Å². The number of nitrogens with zero attached hydrogens (tertiary/aromatic N) is 6. The summed E-state index contributed by atoms with van der Waals surface area (Å²) in [6, 6.07) is 13.3. The van der Waals surface area contributed by atoms with Gasteiger partial charge in [-0.1, -0.05) is 29.4 Å². The maximum atomic E-state index is 13.4. The first-order chi connectivity index (χ1) is 17.5. The van der Waals surface area contributed by atoms with Gasteiger partial charge >= 0.3 is 0 Å². The fourth-order valence-electron chi connectivity index (χ4n) is 4.77. The van der Waals surface area contributed by atoms with Crippen LogP contribution in [0.15, 0.2) is 64.7 Å². The van der Waals surface area contributed by atoms with Gasteiger partial charge in [0.05, 0.1) is 17.9 Å². The number of hydrogen-bond acceptors (Lipinski definition) is 6. The Kier molecular flexibility index (Phi) is 5.93. The van der Waals surface area contributed by atoms with Crippen LogP contribution in [0.3, 0.4) is 0 Å². The standard InChI is InChI=1S/C25H22ClFN6O2S/c26-16-2-1-3-19(12-16)30-8-10-31(11-9-30)22(34)13-20-15-36-25-29-23-21(24(35)32(20)25)14-28-33(23)18-6-4-17(27)5-7-18/h1-7,12,14,20H,8-11,13,15H2. The van der Waals surface area contributed by atoms with Gasteiger partial charge in [-0.25, -0.2) is 14.1 Å². The number of halogens is 2. The Balaban J connectivity index is 1.18. The minimum atomic E-state index is -0.349. The zero-order valence-electron chi connectivity index (χ0n) is 19.2. The van der Waals surface area contributed by atoms with E-state index in [0.29, 0.717) is 45.7 Å². The second-order valence-electron chi connectivity index (χ2n) is 8.86. The number of benzene rings is 2. The van der Waals surface area contributed by atoms with Crippen LogP contribution >= 0.6 is 23.4 Å². The Bertz CT molecular complexity index is 1510. The number of amides is 1. The van der Waals surface area contributed by atoms with Gasteiger partial charge in [-0.3, -0.25) is 14.2 Å². The highest BCUT2D eigenvalue weighted by molar-refractivity contribution is 7.99. The topological polar surface area (TPSA) is 76.3 Å². The molecule has 1 amide bonds. The number of piperazine rings is 1. The second kappa shape index (κ2) is 9.25. The van der Waals surface area contributed by atoms with Crippen LogP contribution in [-0.2, 0) is 4.79 Å². The van der Waals surface area contributed by atoms with E-state index >= 15 is 0 Å². The molecule has 0 bridgehead atoms. The second-order valence-corrected chi connectivity index (χ2v) is 10.3. The average molecular weight is 525 g/mol. The van der Waals surface area contributed by atoms with Crippen LogP contribution in [0.25, 0.3) is 16.7 Å². The lowest BCUT2D eigenvalue weighted by atomic mass is 10.1. The highest BCUT2D eigenvalue weighted by Crippen LogP contribution is 2.34. The van der Waals surface area contributed by atoms with E-state index in [1.807, 2.05) is 29.2 Å². The van der Waals surface area contributed by atoms with E-state index in [1.165, 1.54) is 34.8 Å². The van der Waals surface area contributed by atoms with Crippen LogP contribution < -0.4 is 10.5 Å². The SMILES string of the molecule is O=C(CC1CSc2nc3c(cnn3-c3ccc(F)cc3)c(=O)n21)N1CCN(c2cccc(Cl)c2)CC1. The van der Waals surface area contributed by atoms with E-state index in [2.05, 4.69) is 15.0 Å². The predicted molar refractivity (Wildman–Crippen MR) is 138 cm³/mol. The quantitative estimate of drug-likeness (QED) is 0.378. The van der Waals surface area contributed by atoms with Crippen molar-refractivity contribution in [3.8, 4) is 5.69 Å². The number of thioether (sulfide) groups is 1. The van der Waals surface area contributed by atoms with Gasteiger partial charge in [0.2, 0.25) is 5.91 Å². The van der Waals surface area contributed by atoms with Crippen molar-refractivity contribution in [2.75, 3.05) is 36.8 Å². The van der Waals surface area contributed by atoms with Gasteiger partial charge in [0, 0.05) is 49.1 Å². The maximum Gasteiger partial charge on any atom is 0.265 e. The Morgan fingerprint density at radius 2 is 1.86 bits per heavy atom. The first-order valence-electron chi connectivity index (χ1n) is 11.7. The van der Waals surface area contributed by atoms with E-state index in [0.717, 1.165) is 18.8 Å². The molecule has 8 nitrogen and oxygen atoms in total. The molecule has 2 aliphatic heterocycles. The van der Waals surface area contributed by atoms with E-state index in [-0.39, 0.29) is 29.7 Å². The highest BCUT2D eigenvalue weighted by Gasteiger charge is 2.32. The number of carbonyl (C=O) groups excluding carboxylic acids is 1. The molecule has 4 heterocycles. The van der Waals surface area contributed by atoms with Gasteiger partial charge in [0.15, 0.2) is 10.8 Å². The number of aromatic nitrogens is 4. The Hall–Kier alpha value is -3.37. The van der Waals surface area contributed by atoms with E-state index in [4.69, 9.17) is 11.6 Å². The molecule has 0 spiro atoms. The van der Waals surface area contributed by atoms with Crippen molar-refractivity contribution in [1.29, 1.82) is 0 Å². The molecule has 184 valence electrons. The first kappa shape index (κ1) is 23.1. The highest BCUT2D eigenvalue weighted by atomic mass is 35.5. The third kappa shape index (κ3) is 4.14. The Morgan fingerprint density at radius 3 is 2.61 bits per heavy atom. The number of fused-ring (bicyclic) bond motifs is 2. The van der Waals surface area contributed by atoms with Crippen molar-refractivity contribution >= 4 is 46.0 Å². The first-order valence-corrected chi connectivity index (χ1v) is 13.0. The number of anilines is 1. The van der Waals surface area contributed by atoms with Crippen molar-refractivity contribution in [1.82, 2.24) is 24.2 Å². The van der Waals surface area contributed by atoms with Crippen molar-refractivity contribution in [2.45, 2.75) is 17.6 Å². The zero-order chi connectivity index (χ0) is 24.8. The summed E-state index contributed by atoms with van der Waals surface area (Å²) in [5.41, 5.74) is 1.89. The van der Waals surface area contributed by atoms with E-state index < -0.39 is 0 Å². The van der Waals surface area contributed by atoms with Crippen molar-refractivity contribution in [2.24, 2.45) is 0 Å². The smallest absolute Gasteiger partial charge is 0.265 e. The zero-order valence-corrected chi connectivity index (χ0v) is 20.8. The molecule has 2 aliphatic rings. The summed E-state index contributed by atoms with van der Waals surface area (Å²) >= 11 is 7.58. The van der Waals surface area contributed by atoms with Gasteiger partial charge in [-0.05, 0) is 42.5 Å². The van der Waals surface area contributed by atoms with Crippen molar-refractivity contribution in [3.05, 3.63) is 75.9 Å². The summed E-state index contributed by atoms with van der Waals surface area (Å²) in [5, 5.41) is 5.95. The van der Waals surface area contributed by atoms with Gasteiger partial charge in [0.25, 0.3) is 5.56 Å². The molecule has 0 N–H and O–H groups in total. The molecule has 2 aromatic heterocycles. The van der Waals surface area contributed by atoms with Gasteiger partial charge < -0.3 is 9.80 Å². The van der Waals surface area contributed by atoms with Crippen LogP contribution in [0, 0.1) is 5.82 Å². The third-order valence-corrected chi connectivity index (χ3v) is 7.99. The fourth-order valence-corrected chi connectivity index (χ4v) is 6.08. The molecule has 0 saturated carbocycles. The molecule has 11 heteroatoms. The molecule has 2 aromatic carbocycles. The monoisotopic (exact) mass is 524 g/mol. The van der Waals surface area contributed by atoms with Crippen LogP contribution in [0.2, 0.25) is 5.02 Å². The molecular formula is C25H22ClFN6O2S. The molecule has 0 aliphatic carbocycles. The maximum absolute atomic E-state index is 13.4. The van der Waals surface area contributed by atoms with E-state index in [9.17, 15) is 14.0 Å². The normalized spacial score (nSPS) is 17.6. The number of carbonyl (C=O) groups is 1. The molecule has 1 saturated heterocycles. The Labute approximate surface area is 215 Å². The molecule has 36 heavy (non-hydrogen) atoms. The Morgan fingerprint density at radius 1 is 1.08 bits per heavy atom. The van der Waals surface area contributed by atoms with Gasteiger partial charge in [-0.2, -0.15) is 5.10 Å². The van der Waals surface area contributed by atoms with Crippen LogP contribution in [0.5, 0.6) is 0 Å². The predicted octanol–water partition coefficient (Wildman–Crippen LogP) is 3.76.